The first-order valence-corrected chi connectivity index (χ1v) is 13.0. The summed E-state index contributed by atoms with van der Waals surface area (Å²) in [6.07, 6.45) is 1.73. The number of hydrogen-bond acceptors (Lipinski definition) is 7. The van der Waals surface area contributed by atoms with Crippen molar-refractivity contribution in [2.75, 3.05) is 27.3 Å². The van der Waals surface area contributed by atoms with E-state index in [0.29, 0.717) is 41.3 Å². The average Bonchev–Trinajstić information content (AvgIpc) is 3.50. The van der Waals surface area contributed by atoms with Gasteiger partial charge in [-0.2, -0.15) is 0 Å². The van der Waals surface area contributed by atoms with Crippen LogP contribution in [0.5, 0.6) is 11.5 Å². The summed E-state index contributed by atoms with van der Waals surface area (Å²) in [5.41, 5.74) is 3.83. The Morgan fingerprint density at radius 3 is 2.54 bits per heavy atom. The number of nitrogens with zero attached hydrogens (tertiary/aromatic N) is 2. The standard InChI is InChI=1S/C28H32N4O4S/c1-7-36-23-12-17-14-32(25(29)18(17)13-19(23)26(34)30-5)15-22(33)16-10-20(27-31-8-9-37-27)24(35-6)21(11-16)28(2,3)4/h8-13,29H,7,14-15H2,1-6H3,(H,30,34). The van der Waals surface area contributed by atoms with Crippen LogP contribution in [0.3, 0.4) is 0 Å². The number of thiazole rings is 1. The van der Waals surface area contributed by atoms with Crippen LogP contribution in [0.4, 0.5) is 0 Å². The van der Waals surface area contributed by atoms with Crippen LogP contribution in [0.15, 0.2) is 35.8 Å². The minimum atomic E-state index is -0.281. The zero-order chi connectivity index (χ0) is 26.9. The molecule has 3 aromatic rings. The molecule has 0 bridgehead atoms. The van der Waals surface area contributed by atoms with Gasteiger partial charge < -0.3 is 19.7 Å². The Kier molecular flexibility index (Phi) is 7.36. The fourth-order valence-electron chi connectivity index (χ4n) is 4.50. The van der Waals surface area contributed by atoms with E-state index in [4.69, 9.17) is 14.9 Å². The van der Waals surface area contributed by atoms with Crippen molar-refractivity contribution in [1.82, 2.24) is 15.2 Å². The van der Waals surface area contributed by atoms with Crippen LogP contribution in [-0.4, -0.2) is 54.7 Å². The molecule has 0 fully saturated rings. The van der Waals surface area contributed by atoms with Crippen molar-refractivity contribution in [1.29, 1.82) is 5.41 Å². The number of methoxy groups -OCH3 is 1. The van der Waals surface area contributed by atoms with Crippen LogP contribution in [0.2, 0.25) is 0 Å². The molecule has 4 rings (SSSR count). The zero-order valence-electron chi connectivity index (χ0n) is 22.0. The van der Waals surface area contributed by atoms with Gasteiger partial charge in [0.05, 0.1) is 31.4 Å². The second kappa shape index (κ2) is 10.3. The molecule has 0 radical (unpaired) electrons. The van der Waals surface area contributed by atoms with Crippen molar-refractivity contribution in [2.45, 2.75) is 39.7 Å². The van der Waals surface area contributed by atoms with E-state index in [0.717, 1.165) is 21.7 Å². The molecule has 37 heavy (non-hydrogen) atoms. The van der Waals surface area contributed by atoms with Crippen molar-refractivity contribution in [3.05, 3.63) is 63.7 Å². The number of Topliss-reactive ketones (excluding diaryl/α,β-unsaturated/α-hetero) is 1. The molecule has 0 atom stereocenters. The number of carbonyl (C=O) groups excluding carboxylic acids is 2. The van der Waals surface area contributed by atoms with Crippen molar-refractivity contribution in [3.63, 3.8) is 0 Å². The normalized spacial score (nSPS) is 12.9. The highest BCUT2D eigenvalue weighted by molar-refractivity contribution is 7.13. The second-order valence-corrected chi connectivity index (χ2v) is 10.7. The first kappa shape index (κ1) is 26.3. The number of ketones is 1. The molecule has 8 nitrogen and oxygen atoms in total. The topological polar surface area (TPSA) is 105 Å². The minimum absolute atomic E-state index is 0.0278. The van der Waals surface area contributed by atoms with Gasteiger partial charge in [0.2, 0.25) is 0 Å². The van der Waals surface area contributed by atoms with Gasteiger partial charge in [-0.05, 0) is 42.2 Å². The number of amidine groups is 1. The molecule has 0 aliphatic carbocycles. The number of aromatic nitrogens is 1. The molecule has 2 aromatic carbocycles. The third-order valence-corrected chi connectivity index (χ3v) is 7.14. The van der Waals surface area contributed by atoms with Gasteiger partial charge in [-0.25, -0.2) is 4.98 Å². The molecular weight excluding hydrogens is 488 g/mol. The lowest BCUT2D eigenvalue weighted by molar-refractivity contribution is 0.0953. The van der Waals surface area contributed by atoms with Gasteiger partial charge in [-0.3, -0.25) is 15.0 Å². The van der Waals surface area contributed by atoms with E-state index < -0.39 is 0 Å². The van der Waals surface area contributed by atoms with Gasteiger partial charge in [-0.1, -0.05) is 20.8 Å². The van der Waals surface area contributed by atoms with Crippen molar-refractivity contribution in [2.24, 2.45) is 0 Å². The van der Waals surface area contributed by atoms with Crippen LogP contribution in [-0.2, 0) is 12.0 Å². The van der Waals surface area contributed by atoms with Crippen LogP contribution >= 0.6 is 11.3 Å². The predicted molar refractivity (Wildman–Crippen MR) is 145 cm³/mol. The summed E-state index contributed by atoms with van der Waals surface area (Å²) in [7, 11) is 3.19. The molecule has 2 heterocycles. The summed E-state index contributed by atoms with van der Waals surface area (Å²) < 4.78 is 11.5. The van der Waals surface area contributed by atoms with Crippen LogP contribution in [0.1, 0.15) is 65.1 Å². The second-order valence-electron chi connectivity index (χ2n) is 9.84. The lowest BCUT2D eigenvalue weighted by Gasteiger charge is -2.25. The first-order chi connectivity index (χ1) is 17.6. The smallest absolute Gasteiger partial charge is 0.254 e. The molecular formula is C28H32N4O4S. The van der Waals surface area contributed by atoms with Gasteiger partial charge in [-0.15, -0.1) is 11.3 Å². The highest BCUT2D eigenvalue weighted by Gasteiger charge is 2.31. The minimum Gasteiger partial charge on any atom is -0.496 e. The maximum atomic E-state index is 13.6. The number of fused-ring (bicyclic) bond motifs is 1. The molecule has 1 aliphatic heterocycles. The molecule has 1 aliphatic rings. The fourth-order valence-corrected chi connectivity index (χ4v) is 5.15. The van der Waals surface area contributed by atoms with Gasteiger partial charge in [0.1, 0.15) is 22.3 Å². The van der Waals surface area contributed by atoms with Crippen LogP contribution in [0.25, 0.3) is 10.6 Å². The Morgan fingerprint density at radius 1 is 1.19 bits per heavy atom. The number of hydrogen-bond donors (Lipinski definition) is 2. The molecule has 0 unspecified atom stereocenters. The molecule has 2 N–H and O–H groups in total. The number of nitrogens with one attached hydrogen (secondary N) is 2. The summed E-state index contributed by atoms with van der Waals surface area (Å²) in [6, 6.07) is 7.20. The quantitative estimate of drug-likeness (QED) is 0.410. The third kappa shape index (κ3) is 5.09. The highest BCUT2D eigenvalue weighted by atomic mass is 32.1. The number of ether oxygens (including phenoxy) is 2. The highest BCUT2D eigenvalue weighted by Crippen LogP contribution is 2.41. The maximum Gasteiger partial charge on any atom is 0.254 e. The Morgan fingerprint density at radius 2 is 1.95 bits per heavy atom. The van der Waals surface area contributed by atoms with Crippen molar-refractivity contribution in [3.8, 4) is 22.1 Å². The zero-order valence-corrected chi connectivity index (χ0v) is 22.8. The van der Waals surface area contributed by atoms with E-state index in [1.807, 2.05) is 24.4 Å². The van der Waals surface area contributed by atoms with Crippen molar-refractivity contribution >= 4 is 28.9 Å². The lowest BCUT2D eigenvalue weighted by Crippen LogP contribution is -2.30. The monoisotopic (exact) mass is 520 g/mol. The van der Waals surface area contributed by atoms with Crippen LogP contribution < -0.4 is 14.8 Å². The molecule has 0 saturated carbocycles. The maximum absolute atomic E-state index is 13.6. The van der Waals surface area contributed by atoms with E-state index in [1.54, 1.807) is 37.4 Å². The van der Waals surface area contributed by atoms with E-state index in [1.165, 1.54) is 11.3 Å². The lowest BCUT2D eigenvalue weighted by atomic mass is 9.83. The summed E-state index contributed by atoms with van der Waals surface area (Å²) in [4.78, 5) is 32.2. The predicted octanol–water partition coefficient (Wildman–Crippen LogP) is 4.90. The Balaban J connectivity index is 1.68. The van der Waals surface area contributed by atoms with E-state index in [9.17, 15) is 9.59 Å². The Labute approximate surface area is 221 Å². The van der Waals surface area contributed by atoms with Gasteiger partial charge >= 0.3 is 0 Å². The number of benzene rings is 2. The average molecular weight is 521 g/mol. The van der Waals surface area contributed by atoms with E-state index in [-0.39, 0.29) is 29.5 Å². The molecule has 1 aromatic heterocycles. The van der Waals surface area contributed by atoms with Gasteiger partial charge in [0.15, 0.2) is 5.78 Å². The van der Waals surface area contributed by atoms with Crippen molar-refractivity contribution < 1.29 is 19.1 Å². The number of carbonyl (C=O) groups is 2. The Bertz CT molecular complexity index is 1360. The molecule has 0 saturated heterocycles. The van der Waals surface area contributed by atoms with Gasteiger partial charge in [0, 0.05) is 41.9 Å². The molecule has 9 heteroatoms. The summed E-state index contributed by atoms with van der Waals surface area (Å²) in [5.74, 6) is 1.00. The summed E-state index contributed by atoms with van der Waals surface area (Å²) in [5, 5.41) is 14.0. The van der Waals surface area contributed by atoms with Gasteiger partial charge in [0.25, 0.3) is 5.91 Å². The number of amides is 1. The summed E-state index contributed by atoms with van der Waals surface area (Å²) in [6.45, 7) is 8.92. The SMILES string of the molecule is CCOc1cc2c(cc1C(=O)NC)C(=N)N(CC(=O)c1cc(-c3nccs3)c(OC)c(C(C)(C)C)c1)C2. The fraction of sp³-hybridized carbons (Fsp3) is 0.357. The van der Waals surface area contributed by atoms with E-state index in [2.05, 4.69) is 31.1 Å². The molecule has 0 spiro atoms. The van der Waals surface area contributed by atoms with E-state index >= 15 is 0 Å². The first-order valence-electron chi connectivity index (χ1n) is 12.1. The third-order valence-electron chi connectivity index (χ3n) is 6.33. The largest absolute Gasteiger partial charge is 0.496 e. The molecule has 1 amide bonds. The van der Waals surface area contributed by atoms with Crippen LogP contribution in [0, 0.1) is 5.41 Å². The molecule has 194 valence electrons. The number of rotatable bonds is 8. The Hall–Kier alpha value is -3.72. The summed E-state index contributed by atoms with van der Waals surface area (Å²) >= 11 is 1.49.